The van der Waals surface area contributed by atoms with E-state index in [0.29, 0.717) is 5.92 Å². The van der Waals surface area contributed by atoms with E-state index in [9.17, 15) is 21.6 Å². The molecule has 1 N–H and O–H groups in total. The van der Waals surface area contributed by atoms with Crippen molar-refractivity contribution in [2.45, 2.75) is 75.4 Å². The minimum atomic E-state index is -4.48. The van der Waals surface area contributed by atoms with E-state index in [4.69, 9.17) is 5.11 Å². The molecule has 9 heteroatoms. The van der Waals surface area contributed by atoms with E-state index >= 15 is 0 Å². The second kappa shape index (κ2) is 12.3. The minimum absolute atomic E-state index is 0.0996. The molecule has 0 aliphatic heterocycles. The lowest BCUT2D eigenvalue weighted by molar-refractivity contribution is -0.137. The molecule has 0 heterocycles. The molecular weight excluding hydrogens is 441 g/mol. The molecule has 1 aromatic rings. The summed E-state index contributed by atoms with van der Waals surface area (Å²) in [6, 6.07) is 3.61. The van der Waals surface area contributed by atoms with E-state index < -0.39 is 21.8 Å². The van der Waals surface area contributed by atoms with E-state index in [-0.39, 0.29) is 17.5 Å². The fraction of sp³-hybridized carbons (Fsp3) is 0.739. The Morgan fingerprint density at radius 1 is 1.00 bits per heavy atom. The third kappa shape index (κ3) is 7.71. The highest BCUT2D eigenvalue weighted by Crippen LogP contribution is 2.34. The lowest BCUT2D eigenvalue weighted by Gasteiger charge is -2.34. The van der Waals surface area contributed by atoms with Crippen LogP contribution in [0.2, 0.25) is 0 Å². The Bertz CT molecular complexity index is 777. The first kappa shape index (κ1) is 27.1. The zero-order valence-electron chi connectivity index (χ0n) is 19.1. The molecule has 5 nitrogen and oxygen atoms in total. The SMILES string of the molecule is CCN(CCO)CCCCCC1CCC(N(C)S(=O)(=O)c2ccc(C(F)(F)F)cc2)CC1. The number of halogens is 3. The number of hydrogen-bond donors (Lipinski definition) is 1. The maximum absolute atomic E-state index is 12.9. The number of nitrogens with zero attached hydrogens (tertiary/aromatic N) is 2. The second-order valence-electron chi connectivity index (χ2n) is 8.73. The zero-order valence-corrected chi connectivity index (χ0v) is 20.0. The van der Waals surface area contributed by atoms with Crippen LogP contribution in [-0.2, 0) is 16.2 Å². The van der Waals surface area contributed by atoms with Gasteiger partial charge in [-0.15, -0.1) is 0 Å². The molecule has 1 saturated carbocycles. The average Bonchev–Trinajstić information content (AvgIpc) is 2.77. The number of rotatable bonds is 12. The number of unbranched alkanes of at least 4 members (excludes halogenated alkanes) is 2. The van der Waals surface area contributed by atoms with Crippen LogP contribution >= 0.6 is 0 Å². The molecule has 0 unspecified atom stereocenters. The quantitative estimate of drug-likeness (QED) is 0.440. The summed E-state index contributed by atoms with van der Waals surface area (Å²) in [4.78, 5) is 2.15. The molecular formula is C23H37F3N2O3S. The van der Waals surface area contributed by atoms with Crippen molar-refractivity contribution in [3.05, 3.63) is 29.8 Å². The van der Waals surface area contributed by atoms with Crippen molar-refractivity contribution in [1.29, 1.82) is 0 Å². The van der Waals surface area contributed by atoms with Gasteiger partial charge in [0.15, 0.2) is 0 Å². The Morgan fingerprint density at radius 3 is 2.16 bits per heavy atom. The maximum atomic E-state index is 12.9. The van der Waals surface area contributed by atoms with Crippen molar-refractivity contribution in [3.8, 4) is 0 Å². The summed E-state index contributed by atoms with van der Waals surface area (Å²) in [6.07, 6.45) is 3.61. The number of hydrogen-bond acceptors (Lipinski definition) is 4. The van der Waals surface area contributed by atoms with E-state index in [1.54, 1.807) is 0 Å². The molecule has 0 aromatic heterocycles. The smallest absolute Gasteiger partial charge is 0.395 e. The summed E-state index contributed by atoms with van der Waals surface area (Å²) >= 11 is 0. The Labute approximate surface area is 190 Å². The number of sulfonamides is 1. The van der Waals surface area contributed by atoms with Gasteiger partial charge in [0, 0.05) is 19.6 Å². The topological polar surface area (TPSA) is 60.9 Å². The minimum Gasteiger partial charge on any atom is -0.395 e. The molecule has 0 atom stereocenters. The van der Waals surface area contributed by atoms with Gasteiger partial charge in [0.1, 0.15) is 0 Å². The van der Waals surface area contributed by atoms with Crippen molar-refractivity contribution in [2.24, 2.45) is 5.92 Å². The number of alkyl halides is 3. The summed E-state index contributed by atoms with van der Waals surface area (Å²) in [5, 5.41) is 9.03. The van der Waals surface area contributed by atoms with Crippen molar-refractivity contribution < 1.29 is 26.7 Å². The lowest BCUT2D eigenvalue weighted by Crippen LogP contribution is -2.39. The third-order valence-corrected chi connectivity index (χ3v) is 8.56. The zero-order chi connectivity index (χ0) is 23.8. The fourth-order valence-electron chi connectivity index (χ4n) is 4.49. The number of benzene rings is 1. The van der Waals surface area contributed by atoms with Crippen LogP contribution in [0.3, 0.4) is 0 Å². The van der Waals surface area contributed by atoms with Crippen molar-refractivity contribution in [3.63, 3.8) is 0 Å². The average molecular weight is 479 g/mol. The standard InChI is InChI=1S/C23H37F3N2O3S/c1-3-28(17-18-29)16-6-4-5-7-19-8-12-21(13-9-19)27(2)32(30,31)22-14-10-20(11-15-22)23(24,25)26/h10-11,14-15,19,21,29H,3-9,12-13,16-18H2,1-2H3. The van der Waals surface area contributed by atoms with Gasteiger partial charge in [-0.3, -0.25) is 0 Å². The summed E-state index contributed by atoms with van der Waals surface area (Å²) in [7, 11) is -2.28. The molecule has 184 valence electrons. The Morgan fingerprint density at radius 2 is 1.62 bits per heavy atom. The maximum Gasteiger partial charge on any atom is 0.416 e. The van der Waals surface area contributed by atoms with Crippen LogP contribution < -0.4 is 0 Å². The van der Waals surface area contributed by atoms with Gasteiger partial charge in [0.05, 0.1) is 17.1 Å². The highest BCUT2D eigenvalue weighted by molar-refractivity contribution is 7.89. The van der Waals surface area contributed by atoms with Gasteiger partial charge in [-0.25, -0.2) is 8.42 Å². The molecule has 0 bridgehead atoms. The monoisotopic (exact) mass is 478 g/mol. The van der Waals surface area contributed by atoms with Crippen molar-refractivity contribution in [2.75, 3.05) is 33.3 Å². The van der Waals surface area contributed by atoms with Crippen LogP contribution in [0.25, 0.3) is 0 Å². The molecule has 1 aliphatic carbocycles. The lowest BCUT2D eigenvalue weighted by atomic mass is 9.83. The van der Waals surface area contributed by atoms with E-state index in [1.165, 1.54) is 11.4 Å². The summed E-state index contributed by atoms with van der Waals surface area (Å²) < 4.78 is 65.3. The Kier molecular flexibility index (Phi) is 10.4. The van der Waals surface area contributed by atoms with Gasteiger partial charge >= 0.3 is 6.18 Å². The summed E-state index contributed by atoms with van der Waals surface area (Å²) in [6.45, 7) is 4.98. The van der Waals surface area contributed by atoms with Gasteiger partial charge in [-0.1, -0.05) is 26.2 Å². The van der Waals surface area contributed by atoms with E-state index in [0.717, 1.165) is 95.3 Å². The number of likely N-dealkylation sites (N-methyl/N-ethyl adjacent to an activating group) is 1. The largest absolute Gasteiger partial charge is 0.416 e. The predicted octanol–water partition coefficient (Wildman–Crippen LogP) is 4.76. The highest BCUT2D eigenvalue weighted by Gasteiger charge is 2.33. The molecule has 0 spiro atoms. The highest BCUT2D eigenvalue weighted by atomic mass is 32.2. The van der Waals surface area contributed by atoms with Gasteiger partial charge in [-0.2, -0.15) is 17.5 Å². The fourth-order valence-corrected chi connectivity index (χ4v) is 5.91. The van der Waals surface area contributed by atoms with E-state index in [1.807, 2.05) is 0 Å². The Hall–Kier alpha value is -1.16. The molecule has 2 rings (SSSR count). The van der Waals surface area contributed by atoms with E-state index in [2.05, 4.69) is 11.8 Å². The first-order valence-corrected chi connectivity index (χ1v) is 13.0. The number of aliphatic hydroxyl groups is 1. The van der Waals surface area contributed by atoms with Gasteiger partial charge in [0.25, 0.3) is 0 Å². The molecule has 1 fully saturated rings. The second-order valence-corrected chi connectivity index (χ2v) is 10.7. The molecule has 1 aromatic carbocycles. The van der Waals surface area contributed by atoms with Crippen LogP contribution in [0.4, 0.5) is 13.2 Å². The van der Waals surface area contributed by atoms with Crippen LogP contribution in [0, 0.1) is 5.92 Å². The number of aliphatic hydroxyl groups excluding tert-OH is 1. The predicted molar refractivity (Wildman–Crippen MR) is 120 cm³/mol. The Balaban J connectivity index is 1.77. The van der Waals surface area contributed by atoms with Crippen LogP contribution in [0.15, 0.2) is 29.2 Å². The van der Waals surface area contributed by atoms with Crippen LogP contribution in [-0.4, -0.2) is 62.1 Å². The molecule has 1 aliphatic rings. The first-order chi connectivity index (χ1) is 15.1. The van der Waals surface area contributed by atoms with Gasteiger partial charge in [-0.05, 0) is 75.4 Å². The molecule has 0 radical (unpaired) electrons. The van der Waals surface area contributed by atoms with Gasteiger partial charge in [0.2, 0.25) is 10.0 Å². The van der Waals surface area contributed by atoms with Crippen molar-refractivity contribution >= 4 is 10.0 Å². The summed E-state index contributed by atoms with van der Waals surface area (Å²) in [5.41, 5.74) is -0.851. The summed E-state index contributed by atoms with van der Waals surface area (Å²) in [5.74, 6) is 0.605. The van der Waals surface area contributed by atoms with Crippen LogP contribution in [0.1, 0.15) is 63.9 Å². The molecule has 32 heavy (non-hydrogen) atoms. The third-order valence-electron chi connectivity index (χ3n) is 6.64. The first-order valence-electron chi connectivity index (χ1n) is 11.6. The molecule has 0 amide bonds. The van der Waals surface area contributed by atoms with Crippen LogP contribution in [0.5, 0.6) is 0 Å². The normalized spacial score (nSPS) is 20.2. The van der Waals surface area contributed by atoms with Crippen molar-refractivity contribution in [1.82, 2.24) is 9.21 Å². The van der Waals surface area contributed by atoms with Gasteiger partial charge < -0.3 is 10.0 Å². The molecule has 0 saturated heterocycles.